The van der Waals surface area contributed by atoms with Gasteiger partial charge in [-0.3, -0.25) is 34.4 Å². The molecule has 1 fully saturated rings. The summed E-state index contributed by atoms with van der Waals surface area (Å²) in [7, 11) is 0. The standard InChI is InChI=1S/C24H20N4O4/c1-13(14-5-3-2-4-6-14)26-22(30)16-8-7-15-20-17(11-12-25-21(16)20)28(24(15)32)18-9-10-19(29)27-23(18)31/h2-8,11-13,18H,9-10H2,1H3,(H,26,30)(H,27,29,31). The van der Waals surface area contributed by atoms with Crippen LogP contribution >= 0.6 is 0 Å². The first-order valence-electron chi connectivity index (χ1n) is 10.4. The first-order chi connectivity index (χ1) is 15.5. The van der Waals surface area contributed by atoms with E-state index in [1.54, 1.807) is 18.2 Å². The highest BCUT2D eigenvalue weighted by atomic mass is 16.2. The Kier molecular flexibility index (Phi) is 4.70. The minimum Gasteiger partial charge on any atom is -0.345 e. The van der Waals surface area contributed by atoms with Crippen molar-refractivity contribution >= 4 is 40.2 Å². The number of piperidine rings is 1. The van der Waals surface area contributed by atoms with Gasteiger partial charge in [0.1, 0.15) is 6.04 Å². The number of carbonyl (C=O) groups excluding carboxylic acids is 4. The lowest BCUT2D eigenvalue weighted by Gasteiger charge is -2.30. The van der Waals surface area contributed by atoms with Gasteiger partial charge in [0.05, 0.1) is 28.4 Å². The highest BCUT2D eigenvalue weighted by molar-refractivity contribution is 6.28. The van der Waals surface area contributed by atoms with Crippen molar-refractivity contribution in [1.29, 1.82) is 0 Å². The van der Waals surface area contributed by atoms with Crippen LogP contribution in [-0.2, 0) is 9.59 Å². The van der Waals surface area contributed by atoms with Crippen molar-refractivity contribution in [3.8, 4) is 0 Å². The number of benzene rings is 2. The molecule has 2 atom stereocenters. The van der Waals surface area contributed by atoms with Crippen LogP contribution in [0.2, 0.25) is 0 Å². The fraction of sp³-hybridized carbons (Fsp3) is 0.208. The van der Waals surface area contributed by atoms with Crippen LogP contribution < -0.4 is 15.5 Å². The molecule has 0 saturated carbocycles. The fourth-order valence-corrected chi connectivity index (χ4v) is 4.39. The van der Waals surface area contributed by atoms with Gasteiger partial charge in [-0.05, 0) is 37.1 Å². The molecule has 1 saturated heterocycles. The van der Waals surface area contributed by atoms with Crippen LogP contribution in [0.15, 0.2) is 54.7 Å². The van der Waals surface area contributed by atoms with Crippen LogP contribution in [0.1, 0.15) is 52.1 Å². The predicted octanol–water partition coefficient (Wildman–Crippen LogP) is 2.49. The Labute approximate surface area is 183 Å². The molecule has 0 bridgehead atoms. The Morgan fingerprint density at radius 1 is 1.12 bits per heavy atom. The average molecular weight is 428 g/mol. The van der Waals surface area contributed by atoms with Crippen molar-refractivity contribution < 1.29 is 19.2 Å². The van der Waals surface area contributed by atoms with E-state index >= 15 is 0 Å². The van der Waals surface area contributed by atoms with Gasteiger partial charge in [0, 0.05) is 18.0 Å². The number of pyridine rings is 1. The summed E-state index contributed by atoms with van der Waals surface area (Å²) in [4.78, 5) is 56.1. The van der Waals surface area contributed by atoms with Gasteiger partial charge in [0.15, 0.2) is 0 Å². The molecule has 0 spiro atoms. The van der Waals surface area contributed by atoms with Crippen molar-refractivity contribution in [1.82, 2.24) is 15.6 Å². The van der Waals surface area contributed by atoms with Gasteiger partial charge in [-0.25, -0.2) is 0 Å². The summed E-state index contributed by atoms with van der Waals surface area (Å²) < 4.78 is 0. The third kappa shape index (κ3) is 3.11. The lowest BCUT2D eigenvalue weighted by atomic mass is 10.0. The van der Waals surface area contributed by atoms with E-state index in [0.717, 1.165) is 5.56 Å². The Morgan fingerprint density at radius 2 is 1.91 bits per heavy atom. The van der Waals surface area contributed by atoms with E-state index < -0.39 is 11.9 Å². The molecule has 4 amide bonds. The lowest BCUT2D eigenvalue weighted by Crippen LogP contribution is -2.53. The summed E-state index contributed by atoms with van der Waals surface area (Å²) in [5.41, 5.74) is 2.64. The average Bonchev–Trinajstić information content (AvgIpc) is 3.08. The molecule has 160 valence electrons. The number of amides is 4. The zero-order chi connectivity index (χ0) is 22.4. The second-order valence-corrected chi connectivity index (χ2v) is 7.96. The van der Waals surface area contributed by atoms with Crippen molar-refractivity contribution in [3.05, 3.63) is 71.4 Å². The predicted molar refractivity (Wildman–Crippen MR) is 117 cm³/mol. The normalized spacial score (nSPS) is 18.6. The number of imide groups is 1. The van der Waals surface area contributed by atoms with Crippen LogP contribution in [0, 0.1) is 0 Å². The van der Waals surface area contributed by atoms with E-state index in [4.69, 9.17) is 0 Å². The minimum absolute atomic E-state index is 0.162. The number of aromatic nitrogens is 1. The van der Waals surface area contributed by atoms with Crippen molar-refractivity contribution in [2.45, 2.75) is 31.8 Å². The summed E-state index contributed by atoms with van der Waals surface area (Å²) in [6.07, 6.45) is 1.93. The summed E-state index contributed by atoms with van der Waals surface area (Å²) in [6.45, 7) is 1.90. The Morgan fingerprint density at radius 3 is 2.66 bits per heavy atom. The number of rotatable bonds is 4. The number of nitrogens with zero attached hydrogens (tertiary/aromatic N) is 2. The highest BCUT2D eigenvalue weighted by Crippen LogP contribution is 2.40. The van der Waals surface area contributed by atoms with E-state index in [-0.39, 0.29) is 36.6 Å². The maximum Gasteiger partial charge on any atom is 0.259 e. The molecule has 1 aromatic heterocycles. The molecule has 2 aliphatic rings. The molecule has 0 radical (unpaired) electrons. The molecule has 8 heteroatoms. The maximum atomic E-state index is 13.2. The Balaban J connectivity index is 1.52. The second kappa shape index (κ2) is 7.56. The van der Waals surface area contributed by atoms with Gasteiger partial charge in [-0.2, -0.15) is 0 Å². The Hall–Kier alpha value is -4.07. The van der Waals surface area contributed by atoms with Crippen LogP contribution in [0.3, 0.4) is 0 Å². The molecule has 3 aromatic rings. The minimum atomic E-state index is -0.784. The van der Waals surface area contributed by atoms with Crippen LogP contribution in [0.25, 0.3) is 10.9 Å². The number of hydrogen-bond acceptors (Lipinski definition) is 5. The molecular weight excluding hydrogens is 408 g/mol. The first kappa shape index (κ1) is 19.9. The third-order valence-electron chi connectivity index (χ3n) is 5.99. The summed E-state index contributed by atoms with van der Waals surface area (Å²) >= 11 is 0. The van der Waals surface area contributed by atoms with Crippen molar-refractivity contribution in [3.63, 3.8) is 0 Å². The molecule has 2 N–H and O–H groups in total. The quantitative estimate of drug-likeness (QED) is 0.621. The highest BCUT2D eigenvalue weighted by Gasteiger charge is 2.41. The molecule has 0 aliphatic carbocycles. The van der Waals surface area contributed by atoms with Gasteiger partial charge < -0.3 is 5.32 Å². The number of carbonyl (C=O) groups is 4. The second-order valence-electron chi connectivity index (χ2n) is 7.96. The molecule has 2 aliphatic heterocycles. The number of nitrogens with one attached hydrogen (secondary N) is 2. The summed E-state index contributed by atoms with van der Waals surface area (Å²) in [5.74, 6) is -1.48. The van der Waals surface area contributed by atoms with E-state index in [9.17, 15) is 19.2 Å². The number of anilines is 1. The largest absolute Gasteiger partial charge is 0.345 e. The smallest absolute Gasteiger partial charge is 0.259 e. The van der Waals surface area contributed by atoms with Crippen LogP contribution in [0.5, 0.6) is 0 Å². The fourth-order valence-electron chi connectivity index (χ4n) is 4.39. The van der Waals surface area contributed by atoms with E-state index in [0.29, 0.717) is 27.7 Å². The van der Waals surface area contributed by atoms with Gasteiger partial charge in [-0.1, -0.05) is 30.3 Å². The van der Waals surface area contributed by atoms with Gasteiger partial charge >= 0.3 is 0 Å². The molecule has 2 unspecified atom stereocenters. The van der Waals surface area contributed by atoms with Crippen molar-refractivity contribution in [2.75, 3.05) is 4.90 Å². The van der Waals surface area contributed by atoms with E-state index in [1.807, 2.05) is 37.3 Å². The van der Waals surface area contributed by atoms with Crippen molar-refractivity contribution in [2.24, 2.45) is 0 Å². The van der Waals surface area contributed by atoms with Crippen LogP contribution in [-0.4, -0.2) is 34.7 Å². The monoisotopic (exact) mass is 428 g/mol. The first-order valence-corrected chi connectivity index (χ1v) is 10.4. The molecular formula is C24H20N4O4. The van der Waals surface area contributed by atoms with Gasteiger partial charge in [-0.15, -0.1) is 0 Å². The maximum absolute atomic E-state index is 13.2. The third-order valence-corrected chi connectivity index (χ3v) is 5.99. The molecule has 2 aromatic carbocycles. The van der Waals surface area contributed by atoms with E-state index in [2.05, 4.69) is 15.6 Å². The summed E-state index contributed by atoms with van der Waals surface area (Å²) in [6, 6.07) is 13.5. The van der Waals surface area contributed by atoms with Gasteiger partial charge in [0.25, 0.3) is 11.8 Å². The molecule has 32 heavy (non-hydrogen) atoms. The Bertz CT molecular complexity index is 1290. The zero-order valence-corrected chi connectivity index (χ0v) is 17.3. The zero-order valence-electron chi connectivity index (χ0n) is 17.3. The topological polar surface area (TPSA) is 108 Å². The van der Waals surface area contributed by atoms with E-state index in [1.165, 1.54) is 11.1 Å². The molecule has 3 heterocycles. The SMILES string of the molecule is CC(NC(=O)c1ccc2c3c(ccnc13)N(C1CCC(=O)NC1=O)C2=O)c1ccccc1. The van der Waals surface area contributed by atoms with Crippen LogP contribution in [0.4, 0.5) is 5.69 Å². The summed E-state index contributed by atoms with van der Waals surface area (Å²) in [5, 5.41) is 5.83. The number of hydrogen-bond donors (Lipinski definition) is 2. The molecule has 5 rings (SSSR count). The molecule has 8 nitrogen and oxygen atoms in total. The van der Waals surface area contributed by atoms with Gasteiger partial charge in [0.2, 0.25) is 11.8 Å². The lowest BCUT2D eigenvalue weighted by molar-refractivity contribution is -0.134.